The molecule has 2 N–H and O–H groups in total. The average Bonchev–Trinajstić information content (AvgIpc) is 3.15. The first kappa shape index (κ1) is 17.1. The van der Waals surface area contributed by atoms with Crippen molar-refractivity contribution in [3.8, 4) is 17.2 Å². The van der Waals surface area contributed by atoms with Crippen LogP contribution >= 0.6 is 0 Å². The summed E-state index contributed by atoms with van der Waals surface area (Å²) >= 11 is 0. The lowest BCUT2D eigenvalue weighted by molar-refractivity contribution is -0.931. The van der Waals surface area contributed by atoms with Crippen molar-refractivity contribution in [1.82, 2.24) is 0 Å². The van der Waals surface area contributed by atoms with E-state index in [0.717, 1.165) is 48.4 Å². The normalized spacial score (nSPS) is 21.1. The van der Waals surface area contributed by atoms with Crippen LogP contribution in [-0.4, -0.2) is 24.9 Å². The molecule has 1 unspecified atom stereocenters. The van der Waals surface area contributed by atoms with Crippen LogP contribution in [-0.2, 0) is 6.54 Å². The molecule has 6 heteroatoms. The molecule has 2 aliphatic rings. The molecule has 28 heavy (non-hydrogen) atoms. The predicted molar refractivity (Wildman–Crippen MR) is 103 cm³/mol. The van der Waals surface area contributed by atoms with E-state index in [9.17, 15) is 9.90 Å². The third-order valence-corrected chi connectivity index (χ3v) is 5.68. The predicted octanol–water partition coefficient (Wildman–Crippen LogP) is 2.19. The van der Waals surface area contributed by atoms with E-state index in [2.05, 4.69) is 12.1 Å². The number of hydrogen-bond acceptors (Lipinski definition) is 5. The zero-order valence-corrected chi connectivity index (χ0v) is 15.4. The third kappa shape index (κ3) is 3.10. The van der Waals surface area contributed by atoms with E-state index in [1.54, 1.807) is 12.1 Å². The summed E-state index contributed by atoms with van der Waals surface area (Å²) in [7, 11) is 0. The van der Waals surface area contributed by atoms with Gasteiger partial charge in [0.15, 0.2) is 11.5 Å². The number of nitrogens with one attached hydrogen (secondary N) is 1. The molecule has 6 nitrogen and oxygen atoms in total. The summed E-state index contributed by atoms with van der Waals surface area (Å²) in [6.07, 6.45) is 2.23. The number of aromatic hydroxyl groups is 1. The number of likely N-dealkylation sites (tertiary alicyclic amines) is 1. The molecular formula is C22H22NO5+. The molecule has 1 saturated heterocycles. The Hall–Kier alpha value is -2.99. The van der Waals surface area contributed by atoms with Gasteiger partial charge in [0.1, 0.15) is 37.1 Å². The third-order valence-electron chi connectivity index (χ3n) is 5.68. The minimum Gasteiger partial charge on any atom is -0.508 e. The summed E-state index contributed by atoms with van der Waals surface area (Å²) in [6.45, 7) is 2.94. The van der Waals surface area contributed by atoms with Gasteiger partial charge in [0.25, 0.3) is 0 Å². The smallest absolute Gasteiger partial charge is 0.336 e. The maximum absolute atomic E-state index is 12.0. The first-order valence-corrected chi connectivity index (χ1v) is 9.67. The summed E-state index contributed by atoms with van der Waals surface area (Å²) in [4.78, 5) is 13.4. The fraction of sp³-hybridized carbons (Fsp3) is 0.318. The summed E-state index contributed by atoms with van der Waals surface area (Å²) < 4.78 is 16.7. The van der Waals surface area contributed by atoms with Crippen molar-refractivity contribution < 1.29 is 23.9 Å². The van der Waals surface area contributed by atoms with Crippen molar-refractivity contribution in [3.63, 3.8) is 0 Å². The number of rotatable bonds is 3. The van der Waals surface area contributed by atoms with E-state index in [1.807, 2.05) is 12.1 Å². The Morgan fingerprint density at radius 2 is 1.89 bits per heavy atom. The van der Waals surface area contributed by atoms with Gasteiger partial charge < -0.3 is 23.9 Å². The van der Waals surface area contributed by atoms with Crippen molar-refractivity contribution in [2.75, 3.05) is 19.8 Å². The molecule has 3 aromatic rings. The Morgan fingerprint density at radius 1 is 1.04 bits per heavy atom. The van der Waals surface area contributed by atoms with E-state index >= 15 is 0 Å². The first-order chi connectivity index (χ1) is 13.7. The molecule has 0 aliphatic carbocycles. The lowest BCUT2D eigenvalue weighted by Gasteiger charge is -2.24. The van der Waals surface area contributed by atoms with E-state index in [0.29, 0.717) is 24.8 Å². The van der Waals surface area contributed by atoms with Crippen molar-refractivity contribution in [2.45, 2.75) is 25.4 Å². The number of phenols is 1. The van der Waals surface area contributed by atoms with Crippen LogP contribution in [0.5, 0.6) is 17.2 Å². The monoisotopic (exact) mass is 380 g/mol. The topological polar surface area (TPSA) is 73.3 Å². The SMILES string of the molecule is O=c1cc(C[NH+]2CCC[C@H]2c2ccc3c(c2)OCCO3)c2ccc(O)cc2o1. The van der Waals surface area contributed by atoms with Crippen LogP contribution in [0.15, 0.2) is 51.7 Å². The molecule has 0 amide bonds. The van der Waals surface area contributed by atoms with Gasteiger partial charge >= 0.3 is 5.63 Å². The number of ether oxygens (including phenoxy) is 2. The minimum atomic E-state index is -0.387. The molecule has 3 heterocycles. The maximum Gasteiger partial charge on any atom is 0.336 e. The van der Waals surface area contributed by atoms with E-state index in [-0.39, 0.29) is 11.4 Å². The van der Waals surface area contributed by atoms with Crippen LogP contribution < -0.4 is 20.0 Å². The number of phenolic OH excluding ortho intramolecular Hbond substituents is 1. The van der Waals surface area contributed by atoms with E-state index < -0.39 is 0 Å². The second-order valence-corrected chi connectivity index (χ2v) is 7.45. The van der Waals surface area contributed by atoms with Gasteiger partial charge in [-0.2, -0.15) is 0 Å². The lowest BCUT2D eigenvalue weighted by Crippen LogP contribution is -3.08. The van der Waals surface area contributed by atoms with Crippen molar-refractivity contribution in [1.29, 1.82) is 0 Å². The van der Waals surface area contributed by atoms with Crippen molar-refractivity contribution in [2.24, 2.45) is 0 Å². The van der Waals surface area contributed by atoms with Crippen molar-refractivity contribution >= 4 is 11.0 Å². The Labute approximate surface area is 161 Å². The molecular weight excluding hydrogens is 358 g/mol. The van der Waals surface area contributed by atoms with Crippen LogP contribution in [0.25, 0.3) is 11.0 Å². The van der Waals surface area contributed by atoms with Crippen LogP contribution in [0.1, 0.15) is 30.0 Å². The van der Waals surface area contributed by atoms with Gasteiger partial charge in [-0.15, -0.1) is 0 Å². The van der Waals surface area contributed by atoms with Gasteiger partial charge in [0.2, 0.25) is 0 Å². The molecule has 0 spiro atoms. The van der Waals surface area contributed by atoms with E-state index in [1.165, 1.54) is 16.5 Å². The average molecular weight is 380 g/mol. The summed E-state index contributed by atoms with van der Waals surface area (Å²) in [5.74, 6) is 1.72. The standard InChI is InChI=1S/C22H21NO5/c24-16-4-5-17-15(11-22(25)28-20(17)12-16)13-23-7-1-2-18(23)14-3-6-19-21(10-14)27-9-8-26-19/h3-6,10-12,18,24H,1-2,7-9,13H2/p+1/t18-/m0/s1. The summed E-state index contributed by atoms with van der Waals surface area (Å²) in [5, 5.41) is 10.6. The number of quaternary nitrogens is 1. The second-order valence-electron chi connectivity index (χ2n) is 7.45. The molecule has 2 aliphatic heterocycles. The highest BCUT2D eigenvalue weighted by Gasteiger charge is 2.31. The van der Waals surface area contributed by atoms with E-state index in [4.69, 9.17) is 13.9 Å². The maximum atomic E-state index is 12.0. The van der Waals surface area contributed by atoms with Crippen LogP contribution in [0.2, 0.25) is 0 Å². The zero-order valence-electron chi connectivity index (χ0n) is 15.4. The molecule has 5 rings (SSSR count). The quantitative estimate of drug-likeness (QED) is 0.682. The molecule has 0 saturated carbocycles. The molecule has 2 aromatic carbocycles. The summed E-state index contributed by atoms with van der Waals surface area (Å²) in [5.41, 5.74) is 2.23. The first-order valence-electron chi connectivity index (χ1n) is 9.67. The molecule has 1 aromatic heterocycles. The van der Waals surface area contributed by atoms with Crippen LogP contribution in [0.4, 0.5) is 0 Å². The number of hydrogen-bond donors (Lipinski definition) is 2. The lowest BCUT2D eigenvalue weighted by atomic mass is 10.0. The number of fused-ring (bicyclic) bond motifs is 2. The van der Waals surface area contributed by atoms with Gasteiger partial charge in [0.05, 0.1) is 6.54 Å². The Bertz CT molecular complexity index is 1090. The fourth-order valence-corrected chi connectivity index (χ4v) is 4.41. The molecule has 2 atom stereocenters. The van der Waals surface area contributed by atoms with Gasteiger partial charge in [-0.3, -0.25) is 0 Å². The van der Waals surface area contributed by atoms with Gasteiger partial charge in [0, 0.05) is 41.5 Å². The van der Waals surface area contributed by atoms with Crippen LogP contribution in [0, 0.1) is 0 Å². The van der Waals surface area contributed by atoms with Crippen molar-refractivity contribution in [3.05, 3.63) is 64.0 Å². The minimum absolute atomic E-state index is 0.0930. The molecule has 1 fully saturated rings. The molecule has 0 bridgehead atoms. The van der Waals surface area contributed by atoms with Gasteiger partial charge in [-0.1, -0.05) is 0 Å². The highest BCUT2D eigenvalue weighted by Crippen LogP contribution is 2.33. The Morgan fingerprint density at radius 3 is 2.79 bits per heavy atom. The highest BCUT2D eigenvalue weighted by atomic mass is 16.6. The summed E-state index contributed by atoms with van der Waals surface area (Å²) in [6, 6.07) is 13.1. The molecule has 0 radical (unpaired) electrons. The number of benzene rings is 2. The molecule has 144 valence electrons. The zero-order chi connectivity index (χ0) is 19.1. The fourth-order valence-electron chi connectivity index (χ4n) is 4.41. The largest absolute Gasteiger partial charge is 0.508 e. The Kier molecular flexibility index (Phi) is 4.20. The van der Waals surface area contributed by atoms with Gasteiger partial charge in [-0.25, -0.2) is 4.79 Å². The Balaban J connectivity index is 1.47. The van der Waals surface area contributed by atoms with Crippen LogP contribution in [0.3, 0.4) is 0 Å². The highest BCUT2D eigenvalue weighted by molar-refractivity contribution is 5.81. The second kappa shape index (κ2) is 6.87. The van der Waals surface area contributed by atoms with Gasteiger partial charge in [-0.05, 0) is 30.3 Å².